The van der Waals surface area contributed by atoms with Gasteiger partial charge in [0.15, 0.2) is 0 Å². The van der Waals surface area contributed by atoms with E-state index in [0.29, 0.717) is 0 Å². The largest absolute Gasteiger partial charge is 0.481 e. The lowest BCUT2D eigenvalue weighted by Crippen LogP contribution is -2.51. The number of aliphatic carboxylic acids is 1. The first-order chi connectivity index (χ1) is 9.15. The molecule has 4 nitrogen and oxygen atoms in total. The summed E-state index contributed by atoms with van der Waals surface area (Å²) in [5.74, 6) is -2.18. The van der Waals surface area contributed by atoms with E-state index in [1.54, 1.807) is 6.92 Å². The minimum atomic E-state index is -1.00. The SMILES string of the molecule is CC(C)C(C)(CC(=O)O)NC(=O)c1ccc(F)c(Cl)c1. The molecule has 0 aliphatic carbocycles. The predicted molar refractivity (Wildman–Crippen MR) is 74.4 cm³/mol. The van der Waals surface area contributed by atoms with Gasteiger partial charge in [-0.05, 0) is 31.0 Å². The number of carboxylic acids is 1. The van der Waals surface area contributed by atoms with Crippen LogP contribution >= 0.6 is 11.6 Å². The highest BCUT2D eigenvalue weighted by molar-refractivity contribution is 6.31. The molecule has 1 rings (SSSR count). The van der Waals surface area contributed by atoms with Crippen molar-refractivity contribution in [2.24, 2.45) is 5.92 Å². The third-order valence-corrected chi connectivity index (χ3v) is 3.66. The van der Waals surface area contributed by atoms with E-state index in [0.717, 1.165) is 6.07 Å². The quantitative estimate of drug-likeness (QED) is 0.878. The van der Waals surface area contributed by atoms with Gasteiger partial charge in [-0.1, -0.05) is 25.4 Å². The molecule has 0 fully saturated rings. The molecule has 0 saturated carbocycles. The summed E-state index contributed by atoms with van der Waals surface area (Å²) in [6.45, 7) is 5.30. The summed E-state index contributed by atoms with van der Waals surface area (Å²) in [4.78, 5) is 23.0. The van der Waals surface area contributed by atoms with Gasteiger partial charge in [0.05, 0.1) is 17.0 Å². The van der Waals surface area contributed by atoms with Crippen LogP contribution in [0, 0.1) is 11.7 Å². The van der Waals surface area contributed by atoms with Crippen molar-refractivity contribution in [3.8, 4) is 0 Å². The number of benzene rings is 1. The summed E-state index contributed by atoms with van der Waals surface area (Å²) in [7, 11) is 0. The van der Waals surface area contributed by atoms with Crippen molar-refractivity contribution in [1.82, 2.24) is 5.32 Å². The van der Waals surface area contributed by atoms with Crippen LogP contribution < -0.4 is 5.32 Å². The molecule has 0 aromatic heterocycles. The summed E-state index contributed by atoms with van der Waals surface area (Å²) in [5, 5.41) is 11.5. The highest BCUT2D eigenvalue weighted by Crippen LogP contribution is 2.22. The zero-order valence-corrected chi connectivity index (χ0v) is 12.3. The summed E-state index contributed by atoms with van der Waals surface area (Å²) in [6, 6.07) is 3.62. The van der Waals surface area contributed by atoms with Gasteiger partial charge in [-0.25, -0.2) is 4.39 Å². The van der Waals surface area contributed by atoms with E-state index in [9.17, 15) is 14.0 Å². The van der Waals surface area contributed by atoms with E-state index in [1.807, 2.05) is 13.8 Å². The van der Waals surface area contributed by atoms with E-state index in [-0.39, 0.29) is 22.9 Å². The zero-order valence-electron chi connectivity index (χ0n) is 11.5. The van der Waals surface area contributed by atoms with Gasteiger partial charge >= 0.3 is 5.97 Å². The fraction of sp³-hybridized carbons (Fsp3) is 0.429. The zero-order chi connectivity index (χ0) is 15.5. The molecule has 0 bridgehead atoms. The Balaban J connectivity index is 2.96. The number of hydrogen-bond acceptors (Lipinski definition) is 2. The molecule has 0 saturated heterocycles. The van der Waals surface area contributed by atoms with Crippen molar-refractivity contribution in [3.63, 3.8) is 0 Å². The van der Waals surface area contributed by atoms with E-state index < -0.39 is 23.2 Å². The number of rotatable bonds is 5. The van der Waals surface area contributed by atoms with Crippen molar-refractivity contribution in [2.75, 3.05) is 0 Å². The molecule has 0 aliphatic rings. The Labute approximate surface area is 121 Å². The van der Waals surface area contributed by atoms with E-state index in [4.69, 9.17) is 16.7 Å². The van der Waals surface area contributed by atoms with Crippen molar-refractivity contribution >= 4 is 23.5 Å². The van der Waals surface area contributed by atoms with Gasteiger partial charge in [0.25, 0.3) is 5.91 Å². The summed E-state index contributed by atoms with van der Waals surface area (Å²) < 4.78 is 13.1. The molecule has 0 heterocycles. The predicted octanol–water partition coefficient (Wildman–Crippen LogP) is 3.10. The van der Waals surface area contributed by atoms with Gasteiger partial charge in [-0.2, -0.15) is 0 Å². The smallest absolute Gasteiger partial charge is 0.305 e. The maximum Gasteiger partial charge on any atom is 0.305 e. The lowest BCUT2D eigenvalue weighted by Gasteiger charge is -2.33. The number of halogens is 2. The maximum absolute atomic E-state index is 13.1. The molecule has 6 heteroatoms. The Bertz CT molecular complexity index is 533. The van der Waals surface area contributed by atoms with Gasteiger partial charge in [-0.15, -0.1) is 0 Å². The van der Waals surface area contributed by atoms with Crippen LogP contribution in [0.25, 0.3) is 0 Å². The number of amides is 1. The summed E-state index contributed by atoms with van der Waals surface area (Å²) in [5.41, 5.74) is -0.710. The number of nitrogens with one attached hydrogen (secondary N) is 1. The van der Waals surface area contributed by atoms with Crippen LogP contribution in [0.15, 0.2) is 18.2 Å². The molecule has 1 unspecified atom stereocenters. The molecule has 1 amide bonds. The summed E-state index contributed by atoms with van der Waals surface area (Å²) in [6.07, 6.45) is -0.203. The first-order valence-corrected chi connectivity index (χ1v) is 6.53. The Kier molecular flexibility index (Phi) is 5.11. The number of carbonyl (C=O) groups is 2. The number of carboxylic acid groups (broad SMARTS) is 1. The summed E-state index contributed by atoms with van der Waals surface area (Å²) >= 11 is 5.63. The van der Waals surface area contributed by atoms with Crippen LogP contribution in [0.1, 0.15) is 37.6 Å². The average Bonchev–Trinajstić information content (AvgIpc) is 2.31. The molecule has 0 radical (unpaired) electrons. The van der Waals surface area contributed by atoms with Gasteiger partial charge in [0.2, 0.25) is 0 Å². The lowest BCUT2D eigenvalue weighted by molar-refractivity contribution is -0.138. The monoisotopic (exact) mass is 301 g/mol. The third-order valence-electron chi connectivity index (χ3n) is 3.37. The highest BCUT2D eigenvalue weighted by Gasteiger charge is 2.33. The Morgan fingerprint density at radius 2 is 2.05 bits per heavy atom. The minimum Gasteiger partial charge on any atom is -0.481 e. The molecule has 2 N–H and O–H groups in total. The Morgan fingerprint density at radius 1 is 1.45 bits per heavy atom. The first kappa shape index (κ1) is 16.4. The van der Waals surface area contributed by atoms with Crippen molar-refractivity contribution in [2.45, 2.75) is 32.7 Å². The second-order valence-electron chi connectivity index (χ2n) is 5.23. The molecular weight excluding hydrogens is 285 g/mol. The molecule has 110 valence electrons. The number of carbonyl (C=O) groups excluding carboxylic acids is 1. The fourth-order valence-corrected chi connectivity index (χ4v) is 1.86. The van der Waals surface area contributed by atoms with Crippen LogP contribution in [-0.4, -0.2) is 22.5 Å². The van der Waals surface area contributed by atoms with Crippen LogP contribution in [-0.2, 0) is 4.79 Å². The molecule has 1 atom stereocenters. The van der Waals surface area contributed by atoms with Crippen molar-refractivity contribution < 1.29 is 19.1 Å². The minimum absolute atomic E-state index is 0.0847. The second-order valence-corrected chi connectivity index (χ2v) is 5.63. The van der Waals surface area contributed by atoms with Crippen LogP contribution in [0.5, 0.6) is 0 Å². The fourth-order valence-electron chi connectivity index (χ4n) is 1.68. The van der Waals surface area contributed by atoms with Crippen LogP contribution in [0.2, 0.25) is 5.02 Å². The topological polar surface area (TPSA) is 66.4 Å². The van der Waals surface area contributed by atoms with E-state index >= 15 is 0 Å². The number of hydrogen-bond donors (Lipinski definition) is 2. The Hall–Kier alpha value is -1.62. The third kappa shape index (κ3) is 3.93. The second kappa shape index (κ2) is 6.22. The van der Waals surface area contributed by atoms with Gasteiger partial charge < -0.3 is 10.4 Å². The maximum atomic E-state index is 13.1. The molecule has 0 aliphatic heterocycles. The molecule has 1 aromatic rings. The molecule has 1 aromatic carbocycles. The highest BCUT2D eigenvalue weighted by atomic mass is 35.5. The molecular formula is C14H17ClFNO3. The normalized spacial score (nSPS) is 13.9. The van der Waals surface area contributed by atoms with Crippen molar-refractivity contribution in [3.05, 3.63) is 34.6 Å². The van der Waals surface area contributed by atoms with Gasteiger partial charge in [0, 0.05) is 5.56 Å². The van der Waals surface area contributed by atoms with E-state index in [2.05, 4.69) is 5.32 Å². The first-order valence-electron chi connectivity index (χ1n) is 6.15. The standard InChI is InChI=1S/C14H17ClFNO3/c1-8(2)14(3,7-12(18)19)17-13(20)9-4-5-11(16)10(15)6-9/h4-6,8H,7H2,1-3H3,(H,17,20)(H,18,19). The lowest BCUT2D eigenvalue weighted by atomic mass is 9.85. The van der Waals surface area contributed by atoms with Crippen LogP contribution in [0.4, 0.5) is 4.39 Å². The van der Waals surface area contributed by atoms with Crippen molar-refractivity contribution in [1.29, 1.82) is 0 Å². The Morgan fingerprint density at radius 3 is 2.50 bits per heavy atom. The van der Waals surface area contributed by atoms with E-state index in [1.165, 1.54) is 12.1 Å². The average molecular weight is 302 g/mol. The van der Waals surface area contributed by atoms with Gasteiger partial charge in [-0.3, -0.25) is 9.59 Å². The molecule has 20 heavy (non-hydrogen) atoms. The molecule has 0 spiro atoms. The van der Waals surface area contributed by atoms with Crippen LogP contribution in [0.3, 0.4) is 0 Å². The van der Waals surface area contributed by atoms with Gasteiger partial charge in [0.1, 0.15) is 5.82 Å².